The van der Waals surface area contributed by atoms with E-state index in [-0.39, 0.29) is 36.9 Å². The van der Waals surface area contributed by atoms with Crippen LogP contribution in [-0.2, 0) is 14.3 Å². The van der Waals surface area contributed by atoms with Crippen LogP contribution in [0.5, 0.6) is 0 Å². The van der Waals surface area contributed by atoms with Crippen molar-refractivity contribution in [2.24, 2.45) is 11.8 Å². The minimum Gasteiger partial charge on any atom is -0.481 e. The van der Waals surface area contributed by atoms with Crippen molar-refractivity contribution in [1.82, 2.24) is 0 Å². The molecule has 2 fully saturated rings. The third-order valence-corrected chi connectivity index (χ3v) is 6.04. The van der Waals surface area contributed by atoms with E-state index in [0.717, 1.165) is 19.3 Å². The van der Waals surface area contributed by atoms with E-state index in [1.165, 1.54) is 0 Å². The lowest BCUT2D eigenvalue weighted by Gasteiger charge is -2.43. The van der Waals surface area contributed by atoms with Crippen LogP contribution in [0.2, 0.25) is 0 Å². The van der Waals surface area contributed by atoms with Gasteiger partial charge in [-0.2, -0.15) is 0 Å². The fraction of sp³-hybridized carbons (Fsp3) is 0.900. The van der Waals surface area contributed by atoms with Crippen molar-refractivity contribution in [2.45, 2.75) is 102 Å². The van der Waals surface area contributed by atoms with Crippen LogP contribution in [-0.4, -0.2) is 39.8 Å². The van der Waals surface area contributed by atoms with Gasteiger partial charge in [-0.15, -0.1) is 0 Å². The predicted molar refractivity (Wildman–Crippen MR) is 95.5 cm³/mol. The SMILES string of the molecule is CCCCC(F)(F)[C@@]1(O)CCC2[C@@H](CC(=O)[C@@H]2CCCCCCC(=O)O)O1. The van der Waals surface area contributed by atoms with E-state index in [0.29, 0.717) is 32.1 Å². The van der Waals surface area contributed by atoms with Crippen molar-refractivity contribution < 1.29 is 33.3 Å². The van der Waals surface area contributed by atoms with Gasteiger partial charge in [0.1, 0.15) is 5.78 Å². The Hall–Kier alpha value is -1.08. The van der Waals surface area contributed by atoms with Gasteiger partial charge in [0.05, 0.1) is 6.10 Å². The third-order valence-electron chi connectivity index (χ3n) is 6.04. The van der Waals surface area contributed by atoms with Crippen LogP contribution in [0.1, 0.15) is 84.0 Å². The summed E-state index contributed by atoms with van der Waals surface area (Å²) in [5.41, 5.74) is 0. The minimum absolute atomic E-state index is 0.0386. The highest BCUT2D eigenvalue weighted by Crippen LogP contribution is 2.49. The Bertz CT molecular complexity index is 525. The lowest BCUT2D eigenvalue weighted by Crippen LogP contribution is -2.55. The number of aliphatic carboxylic acids is 1. The van der Waals surface area contributed by atoms with Crippen LogP contribution in [0.25, 0.3) is 0 Å². The maximum atomic E-state index is 14.4. The van der Waals surface area contributed by atoms with Crippen LogP contribution >= 0.6 is 0 Å². The number of ketones is 1. The first-order chi connectivity index (χ1) is 12.7. The molecule has 1 unspecified atom stereocenters. The van der Waals surface area contributed by atoms with E-state index in [4.69, 9.17) is 9.84 Å². The standard InChI is InChI=1S/C20H32F2O5/c1-2-3-11-19(21,22)20(26)12-10-15-14(16(23)13-17(15)27-20)8-6-4-5-7-9-18(24)25/h14-15,17,26H,2-13H2,1H3,(H,24,25)/t14-,15?,17-,20-/m1/s1. The Balaban J connectivity index is 1.84. The van der Waals surface area contributed by atoms with Crippen molar-refractivity contribution in [1.29, 1.82) is 0 Å². The molecule has 1 heterocycles. The largest absolute Gasteiger partial charge is 0.481 e. The zero-order valence-electron chi connectivity index (χ0n) is 16.1. The summed E-state index contributed by atoms with van der Waals surface area (Å²) in [4.78, 5) is 22.8. The summed E-state index contributed by atoms with van der Waals surface area (Å²) in [6, 6.07) is 0. The summed E-state index contributed by atoms with van der Waals surface area (Å²) >= 11 is 0. The van der Waals surface area contributed by atoms with Gasteiger partial charge in [0.2, 0.25) is 5.79 Å². The first-order valence-corrected chi connectivity index (χ1v) is 10.2. The smallest absolute Gasteiger partial charge is 0.303 e. The zero-order valence-corrected chi connectivity index (χ0v) is 16.1. The summed E-state index contributed by atoms with van der Waals surface area (Å²) in [6.45, 7) is 1.82. The zero-order chi connectivity index (χ0) is 20.1. The number of Topliss-reactive ketones (excluding diaryl/α,β-unsaturated/α-hetero) is 1. The molecule has 2 aliphatic rings. The molecule has 0 amide bonds. The topological polar surface area (TPSA) is 83.8 Å². The minimum atomic E-state index is -3.31. The molecule has 1 aliphatic carbocycles. The maximum Gasteiger partial charge on any atom is 0.303 e. The molecular formula is C20H32F2O5. The number of unbranched alkanes of at least 4 members (excludes halogenated alkanes) is 4. The molecule has 2 rings (SSSR count). The second-order valence-corrected chi connectivity index (χ2v) is 8.07. The van der Waals surface area contributed by atoms with Gasteiger partial charge in [0, 0.05) is 31.6 Å². The first kappa shape index (κ1) is 22.2. The van der Waals surface area contributed by atoms with Gasteiger partial charge in [-0.05, 0) is 31.6 Å². The molecule has 0 bridgehead atoms. The van der Waals surface area contributed by atoms with Crippen LogP contribution in [0.4, 0.5) is 8.78 Å². The van der Waals surface area contributed by atoms with Crippen molar-refractivity contribution in [2.75, 3.05) is 0 Å². The predicted octanol–water partition coefficient (Wildman–Crippen LogP) is 4.31. The fourth-order valence-electron chi connectivity index (χ4n) is 4.42. The van der Waals surface area contributed by atoms with E-state index >= 15 is 0 Å². The van der Waals surface area contributed by atoms with E-state index in [2.05, 4.69) is 0 Å². The van der Waals surface area contributed by atoms with E-state index in [1.54, 1.807) is 0 Å². The van der Waals surface area contributed by atoms with Gasteiger partial charge < -0.3 is 14.9 Å². The Labute approximate surface area is 159 Å². The number of ether oxygens (including phenoxy) is 1. The van der Waals surface area contributed by atoms with Gasteiger partial charge >= 0.3 is 11.9 Å². The Morgan fingerprint density at radius 3 is 2.63 bits per heavy atom. The number of carboxylic acid groups (broad SMARTS) is 1. The summed E-state index contributed by atoms with van der Waals surface area (Å²) in [5.74, 6) is -6.82. The monoisotopic (exact) mass is 390 g/mol. The molecule has 0 aromatic carbocycles. The molecule has 27 heavy (non-hydrogen) atoms. The summed E-state index contributed by atoms with van der Waals surface area (Å²) in [7, 11) is 0. The van der Waals surface area contributed by atoms with E-state index in [9.17, 15) is 23.5 Å². The van der Waals surface area contributed by atoms with Gasteiger partial charge in [-0.3, -0.25) is 9.59 Å². The average Bonchev–Trinajstić information content (AvgIpc) is 2.90. The van der Waals surface area contributed by atoms with Gasteiger partial charge in [-0.1, -0.05) is 32.6 Å². The van der Waals surface area contributed by atoms with E-state index < -0.39 is 30.2 Å². The van der Waals surface area contributed by atoms with Gasteiger partial charge in [-0.25, -0.2) is 8.78 Å². The Morgan fingerprint density at radius 2 is 1.96 bits per heavy atom. The molecule has 2 N–H and O–H groups in total. The lowest BCUT2D eigenvalue weighted by molar-refractivity contribution is -0.356. The van der Waals surface area contributed by atoms with Crippen LogP contribution in [0.15, 0.2) is 0 Å². The second kappa shape index (κ2) is 9.41. The molecule has 1 saturated carbocycles. The highest BCUT2D eigenvalue weighted by molar-refractivity contribution is 5.84. The number of halogens is 2. The highest BCUT2D eigenvalue weighted by atomic mass is 19.3. The highest BCUT2D eigenvalue weighted by Gasteiger charge is 2.59. The number of aliphatic hydroxyl groups is 1. The molecule has 1 aliphatic heterocycles. The summed E-state index contributed by atoms with van der Waals surface area (Å²) in [5, 5.41) is 19.1. The third kappa shape index (κ3) is 5.47. The molecule has 1 saturated heterocycles. The van der Waals surface area contributed by atoms with Crippen molar-refractivity contribution in [3.05, 3.63) is 0 Å². The number of carbonyl (C=O) groups excluding carboxylic acids is 1. The molecule has 0 spiro atoms. The Morgan fingerprint density at radius 1 is 1.26 bits per heavy atom. The molecule has 0 aromatic rings. The Kier molecular flexibility index (Phi) is 7.74. The molecule has 4 atom stereocenters. The van der Waals surface area contributed by atoms with Crippen molar-refractivity contribution >= 4 is 11.8 Å². The van der Waals surface area contributed by atoms with Crippen LogP contribution in [0.3, 0.4) is 0 Å². The number of hydrogen-bond acceptors (Lipinski definition) is 4. The lowest BCUT2D eigenvalue weighted by atomic mass is 9.81. The number of carboxylic acids is 1. The molecule has 0 aromatic heterocycles. The van der Waals surface area contributed by atoms with Crippen LogP contribution in [0, 0.1) is 11.8 Å². The quantitative estimate of drug-likeness (QED) is 0.514. The summed E-state index contributed by atoms with van der Waals surface area (Å²) in [6.07, 6.45) is 4.17. The summed E-state index contributed by atoms with van der Waals surface area (Å²) < 4.78 is 34.3. The normalized spacial score (nSPS) is 31.1. The van der Waals surface area contributed by atoms with Crippen LogP contribution < -0.4 is 0 Å². The molecule has 7 heteroatoms. The van der Waals surface area contributed by atoms with Gasteiger partial charge in [0.25, 0.3) is 0 Å². The number of hydrogen-bond donors (Lipinski definition) is 2. The second-order valence-electron chi connectivity index (χ2n) is 8.07. The van der Waals surface area contributed by atoms with Crippen molar-refractivity contribution in [3.8, 4) is 0 Å². The molecule has 0 radical (unpaired) electrons. The maximum absolute atomic E-state index is 14.4. The van der Waals surface area contributed by atoms with Crippen molar-refractivity contribution in [3.63, 3.8) is 0 Å². The number of alkyl halides is 2. The molecular weight excluding hydrogens is 358 g/mol. The first-order valence-electron chi connectivity index (χ1n) is 10.2. The molecule has 5 nitrogen and oxygen atoms in total. The fourth-order valence-corrected chi connectivity index (χ4v) is 4.42. The average molecular weight is 390 g/mol. The number of carbonyl (C=O) groups is 2. The van der Waals surface area contributed by atoms with Gasteiger partial charge in [0.15, 0.2) is 0 Å². The number of rotatable bonds is 11. The van der Waals surface area contributed by atoms with E-state index in [1.807, 2.05) is 6.92 Å². The molecule has 156 valence electrons. The number of fused-ring (bicyclic) bond motifs is 1.